The Labute approximate surface area is 188 Å². The van der Waals surface area contributed by atoms with E-state index in [0.717, 1.165) is 24.3 Å². The van der Waals surface area contributed by atoms with Crippen molar-refractivity contribution < 1.29 is 27.4 Å². The topological polar surface area (TPSA) is 106 Å². The van der Waals surface area contributed by atoms with E-state index in [-0.39, 0.29) is 23.8 Å². The molecule has 0 aromatic heterocycles. The van der Waals surface area contributed by atoms with E-state index in [1.807, 2.05) is 24.3 Å². The molecule has 1 aliphatic heterocycles. The van der Waals surface area contributed by atoms with E-state index in [4.69, 9.17) is 14.2 Å². The first-order chi connectivity index (χ1) is 15.4. The summed E-state index contributed by atoms with van der Waals surface area (Å²) in [6.07, 6.45) is -0.00158. The van der Waals surface area contributed by atoms with Crippen molar-refractivity contribution in [1.82, 2.24) is 9.62 Å². The van der Waals surface area contributed by atoms with Crippen molar-refractivity contribution in [3.63, 3.8) is 0 Å². The molecule has 2 aromatic carbocycles. The third-order valence-corrected chi connectivity index (χ3v) is 6.56. The molecule has 0 aliphatic carbocycles. The second-order valence-electron chi connectivity index (χ2n) is 7.26. The average Bonchev–Trinajstić information content (AvgIpc) is 2.80. The summed E-state index contributed by atoms with van der Waals surface area (Å²) >= 11 is 0. The van der Waals surface area contributed by atoms with Gasteiger partial charge in [0.15, 0.2) is 11.5 Å². The van der Waals surface area contributed by atoms with Gasteiger partial charge in [-0.1, -0.05) is 18.2 Å². The molecule has 0 atom stereocenters. The zero-order valence-electron chi connectivity index (χ0n) is 18.3. The van der Waals surface area contributed by atoms with Crippen LogP contribution < -0.4 is 19.5 Å². The number of amides is 1. The number of ether oxygens (including phenoxy) is 3. The van der Waals surface area contributed by atoms with Crippen molar-refractivity contribution in [3.8, 4) is 11.5 Å². The molecule has 1 saturated heterocycles. The maximum Gasteiger partial charge on any atom is 0.240 e. The van der Waals surface area contributed by atoms with E-state index in [0.29, 0.717) is 31.3 Å². The van der Waals surface area contributed by atoms with Crippen molar-refractivity contribution in [1.29, 1.82) is 0 Å². The van der Waals surface area contributed by atoms with Crippen LogP contribution in [0.15, 0.2) is 47.4 Å². The van der Waals surface area contributed by atoms with Crippen molar-refractivity contribution in [3.05, 3.63) is 48.0 Å². The van der Waals surface area contributed by atoms with Crippen LogP contribution in [-0.4, -0.2) is 66.3 Å². The van der Waals surface area contributed by atoms with Gasteiger partial charge in [-0.25, -0.2) is 13.1 Å². The van der Waals surface area contributed by atoms with Crippen molar-refractivity contribution in [2.45, 2.75) is 17.9 Å². The highest BCUT2D eigenvalue weighted by Crippen LogP contribution is 2.29. The Balaban J connectivity index is 1.55. The lowest BCUT2D eigenvalue weighted by Gasteiger charge is -2.27. The van der Waals surface area contributed by atoms with Gasteiger partial charge in [0.25, 0.3) is 0 Å². The Hall–Kier alpha value is -2.66. The summed E-state index contributed by atoms with van der Waals surface area (Å²) in [4.78, 5) is 14.8. The molecule has 1 fully saturated rings. The SMILES string of the molecule is COc1ccc(S(=O)(=O)NCCC(=O)Nc2ccccc2CN2CCOCC2)cc1OC. The summed E-state index contributed by atoms with van der Waals surface area (Å²) in [6.45, 7) is 3.78. The lowest BCUT2D eigenvalue weighted by atomic mass is 10.1. The fraction of sp³-hybridized carbons (Fsp3) is 0.409. The third kappa shape index (κ3) is 6.42. The molecule has 1 amide bonds. The van der Waals surface area contributed by atoms with Gasteiger partial charge in [0.1, 0.15) is 0 Å². The van der Waals surface area contributed by atoms with Crippen LogP contribution in [0.3, 0.4) is 0 Å². The lowest BCUT2D eigenvalue weighted by Crippen LogP contribution is -2.36. The van der Waals surface area contributed by atoms with Gasteiger partial charge in [-0.05, 0) is 23.8 Å². The zero-order valence-corrected chi connectivity index (χ0v) is 19.1. The number of carbonyl (C=O) groups excluding carboxylic acids is 1. The third-order valence-electron chi connectivity index (χ3n) is 5.10. The fourth-order valence-electron chi connectivity index (χ4n) is 3.36. The largest absolute Gasteiger partial charge is 0.493 e. The van der Waals surface area contributed by atoms with Crippen molar-refractivity contribution in [2.75, 3.05) is 52.4 Å². The van der Waals surface area contributed by atoms with E-state index in [1.54, 1.807) is 0 Å². The van der Waals surface area contributed by atoms with E-state index >= 15 is 0 Å². The molecular formula is C22H29N3O6S. The van der Waals surface area contributed by atoms with Gasteiger partial charge < -0.3 is 19.5 Å². The first-order valence-corrected chi connectivity index (χ1v) is 11.8. The maximum absolute atomic E-state index is 12.6. The molecule has 0 unspecified atom stereocenters. The lowest BCUT2D eigenvalue weighted by molar-refractivity contribution is -0.116. The number of anilines is 1. The molecule has 9 nitrogen and oxygen atoms in total. The van der Waals surface area contributed by atoms with E-state index in [1.165, 1.54) is 32.4 Å². The number of morpholine rings is 1. The Morgan fingerprint density at radius 1 is 1.06 bits per heavy atom. The number of carbonyl (C=O) groups is 1. The highest BCUT2D eigenvalue weighted by atomic mass is 32.2. The first kappa shape index (κ1) is 24.0. The predicted octanol–water partition coefficient (Wildman–Crippen LogP) is 1.84. The van der Waals surface area contributed by atoms with Crippen LogP contribution in [0.25, 0.3) is 0 Å². The highest BCUT2D eigenvalue weighted by Gasteiger charge is 2.18. The molecular weight excluding hydrogens is 434 g/mol. The van der Waals surface area contributed by atoms with Crippen LogP contribution >= 0.6 is 0 Å². The van der Waals surface area contributed by atoms with Crippen molar-refractivity contribution >= 4 is 21.6 Å². The van der Waals surface area contributed by atoms with Crippen LogP contribution in [-0.2, 0) is 26.1 Å². The highest BCUT2D eigenvalue weighted by molar-refractivity contribution is 7.89. The molecule has 2 aromatic rings. The number of para-hydroxylation sites is 1. The number of benzene rings is 2. The maximum atomic E-state index is 12.6. The number of rotatable bonds is 10. The second kappa shape index (κ2) is 11.3. The van der Waals surface area contributed by atoms with Gasteiger partial charge in [-0.3, -0.25) is 9.69 Å². The molecule has 10 heteroatoms. The normalized spacial score (nSPS) is 14.7. The number of nitrogens with zero attached hydrogens (tertiary/aromatic N) is 1. The number of hydrogen-bond acceptors (Lipinski definition) is 7. The molecule has 0 bridgehead atoms. The molecule has 0 spiro atoms. The minimum absolute atomic E-state index is 0.00158. The minimum atomic E-state index is -3.80. The monoisotopic (exact) mass is 463 g/mol. The second-order valence-corrected chi connectivity index (χ2v) is 9.03. The Morgan fingerprint density at radius 3 is 2.50 bits per heavy atom. The molecule has 0 radical (unpaired) electrons. The van der Waals surface area contributed by atoms with E-state index in [2.05, 4.69) is 14.9 Å². The van der Waals surface area contributed by atoms with Crippen LogP contribution in [0.5, 0.6) is 11.5 Å². The number of nitrogens with one attached hydrogen (secondary N) is 2. The Kier molecular flexibility index (Phi) is 8.46. The summed E-state index contributed by atoms with van der Waals surface area (Å²) in [5.41, 5.74) is 1.74. The van der Waals surface area contributed by atoms with Gasteiger partial charge in [-0.15, -0.1) is 0 Å². The molecule has 1 heterocycles. The average molecular weight is 464 g/mol. The summed E-state index contributed by atoms with van der Waals surface area (Å²) in [5.74, 6) is 0.473. The van der Waals surface area contributed by atoms with Gasteiger partial charge in [0.2, 0.25) is 15.9 Å². The molecule has 32 heavy (non-hydrogen) atoms. The Morgan fingerprint density at radius 2 is 1.78 bits per heavy atom. The van der Waals surface area contributed by atoms with E-state index in [9.17, 15) is 13.2 Å². The van der Waals surface area contributed by atoms with Gasteiger partial charge in [0, 0.05) is 44.4 Å². The molecule has 3 rings (SSSR count). The number of methoxy groups -OCH3 is 2. The van der Waals surface area contributed by atoms with Crippen LogP contribution in [0.1, 0.15) is 12.0 Å². The summed E-state index contributed by atoms with van der Waals surface area (Å²) < 4.78 is 43.2. The summed E-state index contributed by atoms with van der Waals surface area (Å²) in [5, 5.41) is 2.89. The Bertz CT molecular complexity index is 1020. The molecule has 0 saturated carbocycles. The van der Waals surface area contributed by atoms with Crippen LogP contribution in [0.4, 0.5) is 5.69 Å². The van der Waals surface area contributed by atoms with Gasteiger partial charge >= 0.3 is 0 Å². The zero-order chi connectivity index (χ0) is 23.0. The fourth-order valence-corrected chi connectivity index (χ4v) is 4.41. The molecule has 2 N–H and O–H groups in total. The number of hydrogen-bond donors (Lipinski definition) is 2. The smallest absolute Gasteiger partial charge is 0.240 e. The molecule has 174 valence electrons. The van der Waals surface area contributed by atoms with Crippen LogP contribution in [0.2, 0.25) is 0 Å². The summed E-state index contributed by atoms with van der Waals surface area (Å²) in [6, 6.07) is 11.9. The first-order valence-electron chi connectivity index (χ1n) is 10.3. The predicted molar refractivity (Wildman–Crippen MR) is 121 cm³/mol. The summed E-state index contributed by atoms with van der Waals surface area (Å²) in [7, 11) is -0.890. The standard InChI is InChI=1S/C22H29N3O6S/c1-29-20-8-7-18(15-21(20)30-2)32(27,28)23-10-9-22(26)24-19-6-4-3-5-17(19)16-25-11-13-31-14-12-25/h3-8,15,23H,9-14,16H2,1-2H3,(H,24,26). The molecule has 1 aliphatic rings. The quantitative estimate of drug-likeness (QED) is 0.554. The van der Waals surface area contributed by atoms with Gasteiger partial charge in [0.05, 0.1) is 32.3 Å². The van der Waals surface area contributed by atoms with Crippen molar-refractivity contribution in [2.24, 2.45) is 0 Å². The minimum Gasteiger partial charge on any atom is -0.493 e. The number of sulfonamides is 1. The van der Waals surface area contributed by atoms with Crippen LogP contribution in [0, 0.1) is 0 Å². The van der Waals surface area contributed by atoms with E-state index < -0.39 is 10.0 Å². The van der Waals surface area contributed by atoms with Gasteiger partial charge in [-0.2, -0.15) is 0 Å².